The molecule has 170 valence electrons. The molecular formula is C23H32N2O5S. The molecule has 0 aromatic heterocycles. The van der Waals surface area contributed by atoms with Crippen LogP contribution in [0, 0.1) is 5.92 Å². The normalized spacial score (nSPS) is 22.2. The Labute approximate surface area is 185 Å². The molecule has 0 radical (unpaired) electrons. The molecule has 1 aliphatic heterocycles. The maximum Gasteiger partial charge on any atom is 0.247 e. The molecule has 0 aliphatic carbocycles. The summed E-state index contributed by atoms with van der Waals surface area (Å²) in [4.78, 5) is 2.15. The molecule has 0 bridgehead atoms. The Morgan fingerprint density at radius 1 is 1.23 bits per heavy atom. The topological polar surface area (TPSA) is 79.3 Å². The van der Waals surface area contributed by atoms with E-state index in [-0.39, 0.29) is 30.1 Å². The molecule has 0 unspecified atom stereocenters. The van der Waals surface area contributed by atoms with Crippen LogP contribution in [0.3, 0.4) is 0 Å². The van der Waals surface area contributed by atoms with E-state index in [4.69, 9.17) is 9.47 Å². The van der Waals surface area contributed by atoms with Gasteiger partial charge in [0.05, 0.1) is 13.7 Å². The minimum absolute atomic E-state index is 0.0696. The lowest BCUT2D eigenvalue weighted by molar-refractivity contribution is 0.0813. The van der Waals surface area contributed by atoms with Gasteiger partial charge in [0.2, 0.25) is 10.0 Å². The number of fused-ring (bicyclic) bond motifs is 1. The molecule has 8 heteroatoms. The van der Waals surface area contributed by atoms with Crippen molar-refractivity contribution in [3.8, 4) is 22.6 Å². The third-order valence-corrected chi connectivity index (χ3v) is 7.63. The van der Waals surface area contributed by atoms with Crippen LogP contribution in [0.15, 0.2) is 47.4 Å². The summed E-state index contributed by atoms with van der Waals surface area (Å²) in [5.74, 6) is 0.980. The zero-order valence-corrected chi connectivity index (χ0v) is 19.6. The second kappa shape index (κ2) is 9.56. The van der Waals surface area contributed by atoms with Crippen LogP contribution in [0.1, 0.15) is 13.8 Å². The molecular weight excluding hydrogens is 416 g/mol. The van der Waals surface area contributed by atoms with Crippen LogP contribution in [0.5, 0.6) is 11.5 Å². The number of ether oxygens (including phenoxy) is 2. The number of aliphatic hydroxyl groups is 1. The maximum absolute atomic E-state index is 13.5. The molecule has 31 heavy (non-hydrogen) atoms. The van der Waals surface area contributed by atoms with Crippen molar-refractivity contribution in [2.45, 2.75) is 30.9 Å². The van der Waals surface area contributed by atoms with Gasteiger partial charge in [-0.05, 0) is 56.4 Å². The molecule has 7 nitrogen and oxygen atoms in total. The highest BCUT2D eigenvalue weighted by Crippen LogP contribution is 2.37. The van der Waals surface area contributed by atoms with Crippen molar-refractivity contribution in [3.05, 3.63) is 42.5 Å². The first-order valence-corrected chi connectivity index (χ1v) is 11.8. The summed E-state index contributed by atoms with van der Waals surface area (Å²) in [6, 6.07) is 12.2. The molecule has 2 aromatic carbocycles. The molecule has 0 spiro atoms. The standard InChI is InChI=1S/C23H32N2O5S/c1-16-13-25(17(2)15-26)31(27,28)23-10-9-19(18-7-6-8-20(11-18)29-5)12-21(23)30-22(16)14-24(3)4/h6-12,16-17,22,26H,13-15H2,1-5H3/t16-,17+,22+/m1/s1. The van der Waals surface area contributed by atoms with Gasteiger partial charge in [0.15, 0.2) is 0 Å². The van der Waals surface area contributed by atoms with Gasteiger partial charge in [0, 0.05) is 25.0 Å². The van der Waals surface area contributed by atoms with Gasteiger partial charge in [-0.1, -0.05) is 25.1 Å². The summed E-state index contributed by atoms with van der Waals surface area (Å²) in [6.07, 6.45) is -0.210. The summed E-state index contributed by atoms with van der Waals surface area (Å²) in [7, 11) is 1.70. The van der Waals surface area contributed by atoms with Crippen molar-refractivity contribution in [2.75, 3.05) is 40.9 Å². The number of hydrogen-bond acceptors (Lipinski definition) is 6. The zero-order valence-electron chi connectivity index (χ0n) is 18.8. The summed E-state index contributed by atoms with van der Waals surface area (Å²) in [5.41, 5.74) is 1.74. The van der Waals surface area contributed by atoms with Crippen molar-refractivity contribution in [1.29, 1.82) is 0 Å². The molecule has 0 fully saturated rings. The SMILES string of the molecule is COc1cccc(-c2ccc3c(c2)O[C@@H](CN(C)C)[C@H](C)CN([C@@H](C)CO)S3(=O)=O)c1. The van der Waals surface area contributed by atoms with Gasteiger partial charge in [0.1, 0.15) is 22.5 Å². The quantitative estimate of drug-likeness (QED) is 0.732. The smallest absolute Gasteiger partial charge is 0.247 e. The molecule has 1 aliphatic rings. The van der Waals surface area contributed by atoms with Crippen molar-refractivity contribution in [1.82, 2.24) is 9.21 Å². The fraction of sp³-hybridized carbons (Fsp3) is 0.478. The van der Waals surface area contributed by atoms with Crippen LogP contribution in [-0.2, 0) is 10.0 Å². The Balaban J connectivity index is 2.15. The fourth-order valence-corrected chi connectivity index (χ4v) is 5.61. The number of rotatable bonds is 6. The van der Waals surface area contributed by atoms with Crippen molar-refractivity contribution in [2.24, 2.45) is 5.92 Å². The van der Waals surface area contributed by atoms with Gasteiger partial charge in [-0.3, -0.25) is 0 Å². The molecule has 0 saturated carbocycles. The van der Waals surface area contributed by atoms with E-state index >= 15 is 0 Å². The second-order valence-corrected chi connectivity index (χ2v) is 10.3. The Bertz CT molecular complexity index is 1010. The molecule has 1 N–H and O–H groups in total. The largest absolute Gasteiger partial charge is 0.497 e. The fourth-order valence-electron chi connectivity index (χ4n) is 3.79. The average Bonchev–Trinajstić information content (AvgIpc) is 2.75. The first kappa shape index (κ1) is 23.5. The first-order valence-electron chi connectivity index (χ1n) is 10.4. The predicted molar refractivity (Wildman–Crippen MR) is 121 cm³/mol. The first-order chi connectivity index (χ1) is 14.7. The van der Waals surface area contributed by atoms with E-state index in [2.05, 4.69) is 0 Å². The molecule has 0 saturated heterocycles. The Kier molecular flexibility index (Phi) is 7.26. The number of nitrogens with zero attached hydrogens (tertiary/aromatic N) is 2. The van der Waals surface area contributed by atoms with Crippen molar-refractivity contribution >= 4 is 10.0 Å². The van der Waals surface area contributed by atoms with Crippen LogP contribution < -0.4 is 9.47 Å². The van der Waals surface area contributed by atoms with Crippen molar-refractivity contribution in [3.63, 3.8) is 0 Å². The van der Waals surface area contributed by atoms with E-state index in [1.807, 2.05) is 50.2 Å². The lowest BCUT2D eigenvalue weighted by Crippen LogP contribution is -2.49. The number of hydrogen-bond donors (Lipinski definition) is 1. The molecule has 3 rings (SSSR count). The average molecular weight is 449 g/mol. The molecule has 3 atom stereocenters. The number of likely N-dealkylation sites (N-methyl/N-ethyl adjacent to an activating group) is 1. The predicted octanol–water partition coefficient (Wildman–Crippen LogP) is 2.69. The highest BCUT2D eigenvalue weighted by atomic mass is 32.2. The number of methoxy groups -OCH3 is 1. The van der Waals surface area contributed by atoms with Gasteiger partial charge in [0.25, 0.3) is 0 Å². The monoisotopic (exact) mass is 448 g/mol. The van der Waals surface area contributed by atoms with E-state index in [1.165, 1.54) is 4.31 Å². The molecule has 1 heterocycles. The van der Waals surface area contributed by atoms with E-state index in [0.717, 1.165) is 16.9 Å². The number of aliphatic hydroxyl groups excluding tert-OH is 1. The number of sulfonamides is 1. The Morgan fingerprint density at radius 2 is 1.94 bits per heavy atom. The lowest BCUT2D eigenvalue weighted by atomic mass is 10.0. The second-order valence-electron chi connectivity index (χ2n) is 8.40. The van der Waals surface area contributed by atoms with Crippen LogP contribution >= 0.6 is 0 Å². The zero-order chi connectivity index (χ0) is 22.8. The molecule has 2 aromatic rings. The minimum atomic E-state index is -3.84. The van der Waals surface area contributed by atoms with Crippen LogP contribution in [0.4, 0.5) is 0 Å². The summed E-state index contributed by atoms with van der Waals surface area (Å²) < 4.78 is 40.1. The van der Waals surface area contributed by atoms with Crippen LogP contribution in [0.25, 0.3) is 11.1 Å². The third-order valence-electron chi connectivity index (χ3n) is 5.62. The van der Waals surface area contributed by atoms with E-state index in [0.29, 0.717) is 12.3 Å². The Hall–Kier alpha value is -2.13. The summed E-state index contributed by atoms with van der Waals surface area (Å²) in [6.45, 7) is 4.38. The van der Waals surface area contributed by atoms with Gasteiger partial charge < -0.3 is 19.5 Å². The van der Waals surface area contributed by atoms with Crippen molar-refractivity contribution < 1.29 is 23.0 Å². The highest BCUT2D eigenvalue weighted by molar-refractivity contribution is 7.89. The lowest BCUT2D eigenvalue weighted by Gasteiger charge is -2.37. The summed E-state index contributed by atoms with van der Waals surface area (Å²) >= 11 is 0. The van der Waals surface area contributed by atoms with Gasteiger partial charge in [-0.2, -0.15) is 4.31 Å². The van der Waals surface area contributed by atoms with E-state index in [1.54, 1.807) is 32.2 Å². The number of benzene rings is 2. The van der Waals surface area contributed by atoms with Crippen LogP contribution in [0.2, 0.25) is 0 Å². The van der Waals surface area contributed by atoms with Gasteiger partial charge >= 0.3 is 0 Å². The summed E-state index contributed by atoms with van der Waals surface area (Å²) in [5, 5.41) is 9.71. The highest BCUT2D eigenvalue weighted by Gasteiger charge is 2.37. The molecule has 0 amide bonds. The van der Waals surface area contributed by atoms with E-state index < -0.39 is 16.1 Å². The van der Waals surface area contributed by atoms with Crippen LogP contribution in [-0.4, -0.2) is 75.8 Å². The van der Waals surface area contributed by atoms with Gasteiger partial charge in [-0.25, -0.2) is 8.42 Å². The maximum atomic E-state index is 13.5. The van der Waals surface area contributed by atoms with Gasteiger partial charge in [-0.15, -0.1) is 0 Å². The van der Waals surface area contributed by atoms with E-state index in [9.17, 15) is 13.5 Å². The minimum Gasteiger partial charge on any atom is -0.497 e. The third kappa shape index (κ3) is 5.03. The Morgan fingerprint density at radius 3 is 2.58 bits per heavy atom.